The number of carbonyl (C=O) groups is 1. The molecule has 0 aliphatic carbocycles. The molecule has 5 nitrogen and oxygen atoms in total. The molecule has 2 N–H and O–H groups in total. The summed E-state index contributed by atoms with van der Waals surface area (Å²) in [6, 6.07) is 8.06. The second kappa shape index (κ2) is 6.52. The number of hydrogen-bond acceptors (Lipinski definition) is 4. The first-order chi connectivity index (χ1) is 9.61. The van der Waals surface area contributed by atoms with Crippen molar-refractivity contribution >= 4 is 11.8 Å². The molecule has 1 aromatic rings. The van der Waals surface area contributed by atoms with E-state index in [1.54, 1.807) is 18.2 Å². The van der Waals surface area contributed by atoms with Gasteiger partial charge in [0, 0.05) is 0 Å². The zero-order valence-electron chi connectivity index (χ0n) is 11.6. The highest BCUT2D eigenvalue weighted by molar-refractivity contribution is 5.85. The van der Waals surface area contributed by atoms with E-state index in [0.29, 0.717) is 0 Å². The lowest BCUT2D eigenvalue weighted by molar-refractivity contribution is -0.933. The highest BCUT2D eigenvalue weighted by Gasteiger charge is 2.34. The quantitative estimate of drug-likeness (QED) is 0.767. The van der Waals surface area contributed by atoms with Gasteiger partial charge >= 0.3 is 0 Å². The Morgan fingerprint density at radius 1 is 1.10 bits per heavy atom. The number of rotatable bonds is 1. The van der Waals surface area contributed by atoms with E-state index < -0.39 is 5.97 Å². The summed E-state index contributed by atoms with van der Waals surface area (Å²) in [5, 5.41) is 14.6. The largest absolute Gasteiger partial charge is 0.545 e. The number of piperidine rings is 1. The first-order valence-corrected chi connectivity index (χ1v) is 7.08. The van der Waals surface area contributed by atoms with Crippen LogP contribution < -0.4 is 10.8 Å². The first-order valence-electron chi connectivity index (χ1n) is 7.08. The fourth-order valence-corrected chi connectivity index (χ4v) is 2.69. The number of carboxylic acids is 1. The maximum absolute atomic E-state index is 10.1. The number of amidine groups is 1. The van der Waals surface area contributed by atoms with Crippen molar-refractivity contribution in [2.24, 2.45) is 10.8 Å². The van der Waals surface area contributed by atoms with Crippen LogP contribution in [0.1, 0.15) is 36.0 Å². The molecule has 0 aromatic heterocycles. The normalized spacial score (nSPS) is 19.9. The molecule has 1 aromatic carbocycles. The topological polar surface area (TPSA) is 78.5 Å². The summed E-state index contributed by atoms with van der Waals surface area (Å²) in [5.41, 5.74) is 5.89. The minimum atomic E-state index is -1.13. The van der Waals surface area contributed by atoms with E-state index in [1.165, 1.54) is 44.5 Å². The second-order valence-corrected chi connectivity index (χ2v) is 5.32. The monoisotopic (exact) mass is 275 g/mol. The van der Waals surface area contributed by atoms with E-state index in [9.17, 15) is 9.90 Å². The SMILES string of the molecule is NC1=N[N+]2(CCCCC2)CC1.O=C([O-])c1ccccc1. The van der Waals surface area contributed by atoms with Gasteiger partial charge in [-0.2, -0.15) is 4.59 Å². The van der Waals surface area contributed by atoms with Gasteiger partial charge in [-0.05, 0) is 24.8 Å². The Bertz CT molecular complexity index is 479. The highest BCUT2D eigenvalue weighted by Crippen LogP contribution is 2.23. The molecule has 0 atom stereocenters. The Labute approximate surface area is 119 Å². The van der Waals surface area contributed by atoms with Gasteiger partial charge in [0.2, 0.25) is 0 Å². The van der Waals surface area contributed by atoms with Gasteiger partial charge in [0.25, 0.3) is 0 Å². The molecule has 1 saturated heterocycles. The fourth-order valence-electron chi connectivity index (χ4n) is 2.69. The van der Waals surface area contributed by atoms with Crippen LogP contribution in [0.15, 0.2) is 35.4 Å². The van der Waals surface area contributed by atoms with E-state index in [2.05, 4.69) is 5.10 Å². The van der Waals surface area contributed by atoms with Gasteiger partial charge in [0.15, 0.2) is 5.84 Å². The maximum atomic E-state index is 10.1. The van der Waals surface area contributed by atoms with Gasteiger partial charge < -0.3 is 15.6 Å². The van der Waals surface area contributed by atoms with E-state index in [-0.39, 0.29) is 5.56 Å². The average Bonchev–Trinajstić information content (AvgIpc) is 2.82. The van der Waals surface area contributed by atoms with Gasteiger partial charge in [0.05, 0.1) is 12.4 Å². The Balaban J connectivity index is 0.000000151. The predicted molar refractivity (Wildman–Crippen MR) is 75.7 cm³/mol. The van der Waals surface area contributed by atoms with Crippen molar-refractivity contribution in [2.45, 2.75) is 25.7 Å². The number of carbonyl (C=O) groups excluding carboxylic acids is 1. The maximum Gasteiger partial charge on any atom is 0.161 e. The van der Waals surface area contributed by atoms with E-state index in [0.717, 1.165) is 23.4 Å². The molecule has 0 unspecified atom stereocenters. The van der Waals surface area contributed by atoms with Crippen LogP contribution in [0.25, 0.3) is 0 Å². The Kier molecular flexibility index (Phi) is 4.74. The molecule has 1 fully saturated rings. The molecular formula is C15H21N3O2. The molecule has 108 valence electrons. The smallest absolute Gasteiger partial charge is 0.161 e. The highest BCUT2D eigenvalue weighted by atomic mass is 16.4. The summed E-state index contributed by atoms with van der Waals surface area (Å²) >= 11 is 0. The van der Waals surface area contributed by atoms with Crippen molar-refractivity contribution in [3.63, 3.8) is 0 Å². The zero-order valence-corrected chi connectivity index (χ0v) is 11.6. The van der Waals surface area contributed by atoms with Crippen LogP contribution in [-0.2, 0) is 0 Å². The average molecular weight is 275 g/mol. The molecular weight excluding hydrogens is 254 g/mol. The van der Waals surface area contributed by atoms with Crippen LogP contribution in [0.4, 0.5) is 0 Å². The van der Waals surface area contributed by atoms with Crippen LogP contribution in [0.2, 0.25) is 0 Å². The molecule has 3 rings (SSSR count). The van der Waals surface area contributed by atoms with Crippen LogP contribution in [0.5, 0.6) is 0 Å². The Morgan fingerprint density at radius 3 is 2.20 bits per heavy atom. The van der Waals surface area contributed by atoms with Gasteiger partial charge in [-0.1, -0.05) is 35.4 Å². The molecule has 1 spiro atoms. The van der Waals surface area contributed by atoms with Crippen molar-refractivity contribution in [2.75, 3.05) is 19.6 Å². The number of nitrogens with zero attached hydrogens (tertiary/aromatic N) is 2. The standard InChI is InChI=1S/C8H16N3.C7H6O2/c9-8-4-7-11(10-8)5-2-1-3-6-11;8-7(9)6-4-2-1-3-5-6/h1-7H2,(H2,9,10);1-5H,(H,8,9)/q+1;/p-1. The van der Waals surface area contributed by atoms with Gasteiger partial charge in [-0.25, -0.2) is 0 Å². The Morgan fingerprint density at radius 2 is 1.75 bits per heavy atom. The molecule has 5 heteroatoms. The molecule has 0 saturated carbocycles. The van der Waals surface area contributed by atoms with Gasteiger partial charge in [-0.15, -0.1) is 0 Å². The molecule has 2 aliphatic heterocycles. The van der Waals surface area contributed by atoms with Crippen LogP contribution >= 0.6 is 0 Å². The molecule has 20 heavy (non-hydrogen) atoms. The third-order valence-electron chi connectivity index (χ3n) is 3.78. The predicted octanol–water partition coefficient (Wildman–Crippen LogP) is 0.713. The third-order valence-corrected chi connectivity index (χ3v) is 3.78. The Hall–Kier alpha value is -1.88. The molecule has 2 heterocycles. The third kappa shape index (κ3) is 3.81. The number of aromatic carboxylic acids is 1. The lowest BCUT2D eigenvalue weighted by Gasteiger charge is -2.31. The summed E-state index contributed by atoms with van der Waals surface area (Å²) in [4.78, 5) is 10.1. The van der Waals surface area contributed by atoms with Crippen LogP contribution in [-0.4, -0.2) is 36.0 Å². The van der Waals surface area contributed by atoms with Crippen molar-refractivity contribution in [1.82, 2.24) is 0 Å². The number of benzene rings is 1. The van der Waals surface area contributed by atoms with Gasteiger partial charge in [-0.3, -0.25) is 0 Å². The molecule has 0 amide bonds. The lowest BCUT2D eigenvalue weighted by Crippen LogP contribution is -2.44. The van der Waals surface area contributed by atoms with Gasteiger partial charge in [0.1, 0.15) is 19.6 Å². The summed E-state index contributed by atoms with van der Waals surface area (Å²) in [6.07, 6.45) is 5.06. The van der Waals surface area contributed by atoms with E-state index in [1.807, 2.05) is 0 Å². The minimum absolute atomic E-state index is 0.220. The van der Waals surface area contributed by atoms with Crippen LogP contribution in [0.3, 0.4) is 0 Å². The van der Waals surface area contributed by atoms with Crippen molar-refractivity contribution in [1.29, 1.82) is 0 Å². The second-order valence-electron chi connectivity index (χ2n) is 5.32. The molecule has 2 aliphatic rings. The summed E-state index contributed by atoms with van der Waals surface area (Å²) < 4.78 is 0.950. The summed E-state index contributed by atoms with van der Waals surface area (Å²) in [5.74, 6) is -0.262. The van der Waals surface area contributed by atoms with Crippen molar-refractivity contribution in [3.05, 3.63) is 35.9 Å². The van der Waals surface area contributed by atoms with E-state index >= 15 is 0 Å². The molecule has 0 bridgehead atoms. The number of quaternary nitrogens is 1. The number of nitrogens with two attached hydrogens (primary N) is 1. The van der Waals surface area contributed by atoms with Crippen molar-refractivity contribution in [3.8, 4) is 0 Å². The lowest BCUT2D eigenvalue weighted by atomic mass is 10.1. The van der Waals surface area contributed by atoms with E-state index in [4.69, 9.17) is 5.73 Å². The summed E-state index contributed by atoms with van der Waals surface area (Å²) in [6.45, 7) is 3.60. The van der Waals surface area contributed by atoms with Crippen LogP contribution in [0, 0.1) is 0 Å². The number of carboxylic acid groups (broad SMARTS) is 1. The minimum Gasteiger partial charge on any atom is -0.545 e. The fraction of sp³-hybridized carbons (Fsp3) is 0.467. The molecule has 0 radical (unpaired) electrons. The first kappa shape index (κ1) is 14.5. The zero-order chi connectivity index (χ0) is 14.4. The number of hydrogen-bond donors (Lipinski definition) is 1. The van der Waals surface area contributed by atoms with Crippen molar-refractivity contribution < 1.29 is 14.5 Å². The summed E-state index contributed by atoms with van der Waals surface area (Å²) in [7, 11) is 0.